The van der Waals surface area contributed by atoms with E-state index in [9.17, 15) is 19.7 Å². The van der Waals surface area contributed by atoms with Crippen LogP contribution in [0.15, 0.2) is 18.2 Å². The smallest absolute Gasteiger partial charge is 0.338 e. The van der Waals surface area contributed by atoms with Gasteiger partial charge in [0.05, 0.1) is 23.7 Å². The molecule has 1 aliphatic rings. The highest BCUT2D eigenvalue weighted by Crippen LogP contribution is 2.30. The van der Waals surface area contributed by atoms with Crippen LogP contribution in [-0.2, 0) is 14.3 Å². The molecule has 1 saturated heterocycles. The summed E-state index contributed by atoms with van der Waals surface area (Å²) < 4.78 is 10.2. The maximum atomic E-state index is 12.1. The molecule has 1 N–H and O–H groups in total. The van der Waals surface area contributed by atoms with Crippen molar-refractivity contribution >= 4 is 23.3 Å². The van der Waals surface area contributed by atoms with Gasteiger partial charge in [0.1, 0.15) is 5.69 Å². The largest absolute Gasteiger partial charge is 0.452 e. The van der Waals surface area contributed by atoms with E-state index in [0.29, 0.717) is 38.5 Å². The molecular formula is C17H23N3O6. The number of nitro benzene ring substituents is 1. The first-order chi connectivity index (χ1) is 12.4. The van der Waals surface area contributed by atoms with Crippen molar-refractivity contribution in [2.24, 2.45) is 5.92 Å². The van der Waals surface area contributed by atoms with Gasteiger partial charge in [-0.25, -0.2) is 4.79 Å². The number of nitrogens with zero attached hydrogens (tertiary/aromatic N) is 2. The number of ether oxygens (including phenoxy) is 2. The molecule has 0 atom stereocenters. The molecule has 0 radical (unpaired) electrons. The summed E-state index contributed by atoms with van der Waals surface area (Å²) in [5.41, 5.74) is 0.292. The molecule has 26 heavy (non-hydrogen) atoms. The lowest BCUT2D eigenvalue weighted by Gasteiger charge is -2.28. The van der Waals surface area contributed by atoms with E-state index < -0.39 is 23.4 Å². The van der Waals surface area contributed by atoms with Gasteiger partial charge in [-0.3, -0.25) is 14.9 Å². The number of hydrogen-bond acceptors (Lipinski definition) is 7. The number of benzene rings is 1. The molecule has 0 aliphatic carbocycles. The zero-order chi connectivity index (χ0) is 19.1. The summed E-state index contributed by atoms with van der Waals surface area (Å²) in [5, 5.41) is 14.0. The van der Waals surface area contributed by atoms with Crippen molar-refractivity contribution in [3.8, 4) is 0 Å². The minimum absolute atomic E-state index is 0.0327. The summed E-state index contributed by atoms with van der Waals surface area (Å²) in [6, 6.07) is 4.17. The van der Waals surface area contributed by atoms with Crippen molar-refractivity contribution in [1.29, 1.82) is 0 Å². The van der Waals surface area contributed by atoms with Gasteiger partial charge in [-0.05, 0) is 18.1 Å². The highest BCUT2D eigenvalue weighted by molar-refractivity contribution is 5.93. The molecule has 0 bridgehead atoms. The van der Waals surface area contributed by atoms with Crippen molar-refractivity contribution in [2.45, 2.75) is 13.8 Å². The number of anilines is 1. The molecule has 0 spiro atoms. The van der Waals surface area contributed by atoms with E-state index in [-0.39, 0.29) is 17.2 Å². The van der Waals surface area contributed by atoms with Gasteiger partial charge in [0.25, 0.3) is 11.6 Å². The topological polar surface area (TPSA) is 111 Å². The molecule has 0 unspecified atom stereocenters. The van der Waals surface area contributed by atoms with Crippen molar-refractivity contribution in [1.82, 2.24) is 5.32 Å². The van der Waals surface area contributed by atoms with Gasteiger partial charge in [-0.2, -0.15) is 0 Å². The second-order valence-electron chi connectivity index (χ2n) is 6.33. The van der Waals surface area contributed by atoms with Gasteiger partial charge in [-0.15, -0.1) is 0 Å². The fraction of sp³-hybridized carbons (Fsp3) is 0.529. The van der Waals surface area contributed by atoms with Gasteiger partial charge in [0.2, 0.25) is 0 Å². The first-order valence-electron chi connectivity index (χ1n) is 8.43. The van der Waals surface area contributed by atoms with Crippen molar-refractivity contribution in [3.63, 3.8) is 0 Å². The van der Waals surface area contributed by atoms with Crippen LogP contribution >= 0.6 is 0 Å². The second-order valence-corrected chi connectivity index (χ2v) is 6.33. The van der Waals surface area contributed by atoms with Gasteiger partial charge in [0.15, 0.2) is 6.61 Å². The third-order valence-electron chi connectivity index (χ3n) is 3.80. The number of amides is 1. The van der Waals surface area contributed by atoms with E-state index in [1.807, 2.05) is 18.7 Å². The Labute approximate surface area is 151 Å². The molecule has 9 heteroatoms. The van der Waals surface area contributed by atoms with E-state index in [0.717, 1.165) is 0 Å². The molecule has 0 saturated carbocycles. The van der Waals surface area contributed by atoms with Crippen LogP contribution in [0.2, 0.25) is 0 Å². The second kappa shape index (κ2) is 9.14. The Morgan fingerprint density at radius 1 is 1.35 bits per heavy atom. The lowest BCUT2D eigenvalue weighted by atomic mass is 10.1. The van der Waals surface area contributed by atoms with E-state index in [4.69, 9.17) is 9.47 Å². The minimum atomic E-state index is -0.777. The molecular weight excluding hydrogens is 342 g/mol. The fourth-order valence-electron chi connectivity index (χ4n) is 2.45. The summed E-state index contributed by atoms with van der Waals surface area (Å²) in [7, 11) is 0. The molecule has 1 fully saturated rings. The Morgan fingerprint density at radius 2 is 2.04 bits per heavy atom. The number of carbonyl (C=O) groups excluding carboxylic acids is 2. The summed E-state index contributed by atoms with van der Waals surface area (Å²) in [6.07, 6.45) is 0. The zero-order valence-electron chi connectivity index (χ0n) is 14.9. The number of carbonyl (C=O) groups is 2. The number of rotatable bonds is 7. The Kier molecular flexibility index (Phi) is 6.90. The average molecular weight is 365 g/mol. The Morgan fingerprint density at radius 3 is 2.65 bits per heavy atom. The molecule has 1 aromatic rings. The Bertz CT molecular complexity index is 670. The van der Waals surface area contributed by atoms with Crippen LogP contribution < -0.4 is 10.2 Å². The minimum Gasteiger partial charge on any atom is -0.452 e. The van der Waals surface area contributed by atoms with Gasteiger partial charge in [0, 0.05) is 25.7 Å². The molecule has 0 aromatic heterocycles. The molecule has 1 aromatic carbocycles. The van der Waals surface area contributed by atoms with Crippen LogP contribution in [0.5, 0.6) is 0 Å². The number of hydrogen-bond donors (Lipinski definition) is 1. The summed E-state index contributed by atoms with van der Waals surface area (Å²) in [6.45, 7) is 6.02. The molecule has 9 nitrogen and oxygen atoms in total. The molecule has 1 amide bonds. The van der Waals surface area contributed by atoms with Crippen LogP contribution in [0.4, 0.5) is 11.4 Å². The predicted octanol–water partition coefficient (Wildman–Crippen LogP) is 1.36. The number of morpholine rings is 1. The lowest BCUT2D eigenvalue weighted by Crippen LogP contribution is -2.36. The van der Waals surface area contributed by atoms with E-state index >= 15 is 0 Å². The van der Waals surface area contributed by atoms with Gasteiger partial charge >= 0.3 is 5.97 Å². The van der Waals surface area contributed by atoms with E-state index in [1.165, 1.54) is 18.2 Å². The van der Waals surface area contributed by atoms with Crippen molar-refractivity contribution in [3.05, 3.63) is 33.9 Å². The number of esters is 1. The summed E-state index contributed by atoms with van der Waals surface area (Å²) in [4.78, 5) is 36.4. The maximum absolute atomic E-state index is 12.1. The predicted molar refractivity (Wildman–Crippen MR) is 94.3 cm³/mol. The van der Waals surface area contributed by atoms with E-state index in [1.54, 1.807) is 0 Å². The monoisotopic (exact) mass is 365 g/mol. The summed E-state index contributed by atoms with van der Waals surface area (Å²) >= 11 is 0. The molecule has 142 valence electrons. The van der Waals surface area contributed by atoms with Gasteiger partial charge in [-0.1, -0.05) is 13.8 Å². The molecule has 2 rings (SSSR count). The number of nitrogens with one attached hydrogen (secondary N) is 1. The Balaban J connectivity index is 2.04. The van der Waals surface area contributed by atoms with E-state index in [2.05, 4.69) is 5.32 Å². The van der Waals surface area contributed by atoms with Crippen molar-refractivity contribution in [2.75, 3.05) is 44.4 Å². The fourth-order valence-corrected chi connectivity index (χ4v) is 2.45. The average Bonchev–Trinajstić information content (AvgIpc) is 2.64. The standard InChI is InChI=1S/C17H23N3O6/c1-12(2)10-18-16(21)11-26-17(22)13-3-4-14(15(9-13)20(23)24)19-5-7-25-8-6-19/h3-4,9,12H,5-8,10-11H2,1-2H3,(H,18,21). The Hall–Kier alpha value is -2.68. The molecule has 1 heterocycles. The van der Waals surface area contributed by atoms with Crippen molar-refractivity contribution < 1.29 is 24.0 Å². The highest BCUT2D eigenvalue weighted by Gasteiger charge is 2.24. The quantitative estimate of drug-likeness (QED) is 0.441. The van der Waals surface area contributed by atoms with Crippen LogP contribution in [0, 0.1) is 16.0 Å². The lowest BCUT2D eigenvalue weighted by molar-refractivity contribution is -0.384. The third kappa shape index (κ3) is 5.41. The van der Waals surface area contributed by atoms with Gasteiger partial charge < -0.3 is 19.7 Å². The van der Waals surface area contributed by atoms with Crippen LogP contribution in [0.3, 0.4) is 0 Å². The zero-order valence-corrected chi connectivity index (χ0v) is 14.9. The first kappa shape index (κ1) is 19.6. The SMILES string of the molecule is CC(C)CNC(=O)COC(=O)c1ccc(N2CCOCC2)c([N+](=O)[O-])c1. The highest BCUT2D eigenvalue weighted by atomic mass is 16.6. The summed E-state index contributed by atoms with van der Waals surface area (Å²) in [5.74, 6) is -0.905. The first-order valence-corrected chi connectivity index (χ1v) is 8.43. The number of nitro groups is 1. The van der Waals surface area contributed by atoms with Crippen LogP contribution in [0.1, 0.15) is 24.2 Å². The normalized spacial score (nSPS) is 14.2. The van der Waals surface area contributed by atoms with Crippen LogP contribution in [0.25, 0.3) is 0 Å². The third-order valence-corrected chi connectivity index (χ3v) is 3.80. The van der Waals surface area contributed by atoms with Crippen LogP contribution in [-0.4, -0.2) is 56.3 Å². The molecule has 1 aliphatic heterocycles. The maximum Gasteiger partial charge on any atom is 0.338 e.